The molecule has 0 aliphatic carbocycles. The second kappa shape index (κ2) is 8.22. The number of nitrogens with one attached hydrogen (secondary N) is 1. The molecule has 0 amide bonds. The van der Waals surface area contributed by atoms with E-state index in [9.17, 15) is 13.5 Å². The van der Waals surface area contributed by atoms with Crippen LogP contribution >= 0.6 is 11.8 Å². The van der Waals surface area contributed by atoms with Crippen molar-refractivity contribution in [3.8, 4) is 5.75 Å². The molecule has 0 aromatic heterocycles. The van der Waals surface area contributed by atoms with Crippen molar-refractivity contribution in [2.45, 2.75) is 27.0 Å². The van der Waals surface area contributed by atoms with E-state index in [-0.39, 0.29) is 11.7 Å². The standard InChI is InChI=1S/C23H23NO3S2/c1-29(26,27)23-10-6-5-9-18(23)20-15-24-12-11-16-13-22(21(25)14-19(16)20)28-17-7-3-2-4-8-17/h2-10,13-14,20,24-25H,11-12,15H2,1H3. The maximum atomic E-state index is 12.3. The van der Waals surface area contributed by atoms with Crippen molar-refractivity contribution in [1.82, 2.24) is 5.32 Å². The quantitative estimate of drug-likeness (QED) is 0.655. The van der Waals surface area contributed by atoms with Crippen LogP contribution in [0, 0.1) is 0 Å². The average molecular weight is 426 g/mol. The fourth-order valence-corrected chi connectivity index (χ4v) is 5.70. The van der Waals surface area contributed by atoms with Crippen LogP contribution in [0.5, 0.6) is 5.75 Å². The van der Waals surface area contributed by atoms with E-state index in [2.05, 4.69) is 5.32 Å². The van der Waals surface area contributed by atoms with Crippen molar-refractivity contribution in [1.29, 1.82) is 0 Å². The molecule has 0 fully saturated rings. The summed E-state index contributed by atoms with van der Waals surface area (Å²) in [5, 5.41) is 14.2. The second-order valence-electron chi connectivity index (χ2n) is 7.25. The highest BCUT2D eigenvalue weighted by atomic mass is 32.2. The minimum absolute atomic E-state index is 0.139. The monoisotopic (exact) mass is 425 g/mol. The van der Waals surface area contributed by atoms with E-state index in [1.165, 1.54) is 18.0 Å². The molecule has 3 aromatic rings. The van der Waals surface area contributed by atoms with Gasteiger partial charge in [0.05, 0.1) is 9.79 Å². The maximum Gasteiger partial charge on any atom is 0.175 e. The third-order valence-corrected chi connectivity index (χ3v) is 7.41. The van der Waals surface area contributed by atoms with Crippen molar-refractivity contribution < 1.29 is 13.5 Å². The van der Waals surface area contributed by atoms with Crippen LogP contribution in [0.25, 0.3) is 0 Å². The molecule has 0 radical (unpaired) electrons. The van der Waals surface area contributed by atoms with Crippen LogP contribution in [-0.4, -0.2) is 32.9 Å². The lowest BCUT2D eigenvalue weighted by Crippen LogP contribution is -2.22. The summed E-state index contributed by atoms with van der Waals surface area (Å²) in [6, 6.07) is 21.0. The van der Waals surface area contributed by atoms with E-state index in [0.29, 0.717) is 11.4 Å². The maximum absolute atomic E-state index is 12.3. The van der Waals surface area contributed by atoms with E-state index >= 15 is 0 Å². The smallest absolute Gasteiger partial charge is 0.175 e. The predicted molar refractivity (Wildman–Crippen MR) is 117 cm³/mol. The molecule has 4 rings (SSSR count). The van der Waals surface area contributed by atoms with Gasteiger partial charge in [0, 0.05) is 23.6 Å². The van der Waals surface area contributed by atoms with Gasteiger partial charge in [0.2, 0.25) is 0 Å². The number of sulfone groups is 1. The molecule has 1 aliphatic rings. The number of fused-ring (bicyclic) bond motifs is 1. The number of phenols is 1. The Kier molecular flexibility index (Phi) is 5.67. The number of hydrogen-bond donors (Lipinski definition) is 2. The number of benzene rings is 3. The lowest BCUT2D eigenvalue weighted by atomic mass is 9.88. The first-order chi connectivity index (χ1) is 13.9. The Bertz CT molecular complexity index is 1130. The van der Waals surface area contributed by atoms with Crippen LogP contribution in [0.4, 0.5) is 0 Å². The summed E-state index contributed by atoms with van der Waals surface area (Å²) in [4.78, 5) is 2.22. The van der Waals surface area contributed by atoms with Crippen molar-refractivity contribution in [2.75, 3.05) is 19.3 Å². The van der Waals surface area contributed by atoms with E-state index in [0.717, 1.165) is 39.4 Å². The van der Waals surface area contributed by atoms with Gasteiger partial charge < -0.3 is 10.4 Å². The summed E-state index contributed by atoms with van der Waals surface area (Å²) < 4.78 is 24.7. The highest BCUT2D eigenvalue weighted by molar-refractivity contribution is 7.99. The number of aromatic hydroxyl groups is 1. The van der Waals surface area contributed by atoms with E-state index in [1.54, 1.807) is 12.1 Å². The van der Waals surface area contributed by atoms with Crippen LogP contribution in [0.2, 0.25) is 0 Å². The predicted octanol–water partition coefficient (Wildman–Crippen LogP) is 4.22. The van der Waals surface area contributed by atoms with Crippen molar-refractivity contribution in [3.63, 3.8) is 0 Å². The van der Waals surface area contributed by atoms with E-state index < -0.39 is 9.84 Å². The van der Waals surface area contributed by atoms with Gasteiger partial charge in [-0.15, -0.1) is 0 Å². The summed E-state index contributed by atoms with van der Waals surface area (Å²) in [5.41, 5.74) is 2.90. The van der Waals surface area contributed by atoms with Gasteiger partial charge in [0.15, 0.2) is 9.84 Å². The van der Waals surface area contributed by atoms with Crippen LogP contribution in [-0.2, 0) is 16.3 Å². The van der Waals surface area contributed by atoms with E-state index in [1.807, 2.05) is 54.6 Å². The first-order valence-electron chi connectivity index (χ1n) is 9.52. The third-order valence-electron chi connectivity index (χ3n) is 5.18. The van der Waals surface area contributed by atoms with Crippen LogP contribution in [0.1, 0.15) is 22.6 Å². The molecule has 150 valence electrons. The Morgan fingerprint density at radius 3 is 2.48 bits per heavy atom. The van der Waals surface area contributed by atoms with Gasteiger partial charge in [0.1, 0.15) is 5.75 Å². The first kappa shape index (κ1) is 20.0. The zero-order chi connectivity index (χ0) is 20.4. The molecule has 0 saturated carbocycles. The average Bonchev–Trinajstić information content (AvgIpc) is 2.90. The normalized spacial score (nSPS) is 16.8. The van der Waals surface area contributed by atoms with Gasteiger partial charge in [-0.2, -0.15) is 0 Å². The topological polar surface area (TPSA) is 66.4 Å². The van der Waals surface area contributed by atoms with Gasteiger partial charge in [-0.1, -0.05) is 48.2 Å². The van der Waals surface area contributed by atoms with Gasteiger partial charge in [-0.05, 0) is 60.0 Å². The van der Waals surface area contributed by atoms with Gasteiger partial charge >= 0.3 is 0 Å². The van der Waals surface area contributed by atoms with Crippen molar-refractivity contribution in [3.05, 3.63) is 83.4 Å². The van der Waals surface area contributed by atoms with Crippen LogP contribution in [0.15, 0.2) is 81.4 Å². The lowest BCUT2D eigenvalue weighted by molar-refractivity contribution is 0.461. The van der Waals surface area contributed by atoms with Gasteiger partial charge in [0.25, 0.3) is 0 Å². The first-order valence-corrected chi connectivity index (χ1v) is 12.2. The molecular formula is C23H23NO3S2. The van der Waals surface area contributed by atoms with Crippen LogP contribution in [0.3, 0.4) is 0 Å². The van der Waals surface area contributed by atoms with Crippen molar-refractivity contribution in [2.24, 2.45) is 0 Å². The number of rotatable bonds is 4. The molecule has 3 aromatic carbocycles. The summed E-state index contributed by atoms with van der Waals surface area (Å²) in [7, 11) is -3.35. The summed E-state index contributed by atoms with van der Waals surface area (Å²) in [6.07, 6.45) is 2.07. The molecule has 29 heavy (non-hydrogen) atoms. The third kappa shape index (κ3) is 4.34. The molecule has 1 unspecified atom stereocenters. The Labute approximate surface area is 175 Å². The fourth-order valence-electron chi connectivity index (χ4n) is 3.83. The largest absolute Gasteiger partial charge is 0.507 e. The minimum atomic E-state index is -3.35. The number of phenolic OH excluding ortho intramolecular Hbond substituents is 1. The Balaban J connectivity index is 1.79. The molecule has 1 atom stereocenters. The molecule has 0 spiro atoms. The molecule has 4 nitrogen and oxygen atoms in total. The van der Waals surface area contributed by atoms with Gasteiger partial charge in [-0.25, -0.2) is 8.42 Å². The molecule has 1 aliphatic heterocycles. The molecule has 6 heteroatoms. The lowest BCUT2D eigenvalue weighted by Gasteiger charge is -2.22. The zero-order valence-electron chi connectivity index (χ0n) is 16.1. The highest BCUT2D eigenvalue weighted by Gasteiger charge is 2.26. The zero-order valence-corrected chi connectivity index (χ0v) is 17.8. The Morgan fingerprint density at radius 2 is 1.72 bits per heavy atom. The molecular weight excluding hydrogens is 402 g/mol. The van der Waals surface area contributed by atoms with Gasteiger partial charge in [-0.3, -0.25) is 0 Å². The minimum Gasteiger partial charge on any atom is -0.507 e. The fraction of sp³-hybridized carbons (Fsp3) is 0.217. The Hall–Kier alpha value is -2.28. The number of hydrogen-bond acceptors (Lipinski definition) is 5. The highest BCUT2D eigenvalue weighted by Crippen LogP contribution is 2.41. The molecule has 0 saturated heterocycles. The summed E-state index contributed by atoms with van der Waals surface area (Å²) in [6.45, 7) is 1.44. The second-order valence-corrected chi connectivity index (χ2v) is 10.4. The molecule has 1 heterocycles. The van der Waals surface area contributed by atoms with Crippen LogP contribution < -0.4 is 5.32 Å². The van der Waals surface area contributed by atoms with Crippen molar-refractivity contribution >= 4 is 21.6 Å². The summed E-state index contributed by atoms with van der Waals surface area (Å²) >= 11 is 1.53. The molecule has 0 bridgehead atoms. The van der Waals surface area contributed by atoms with E-state index in [4.69, 9.17) is 0 Å². The SMILES string of the molecule is CS(=O)(=O)c1ccccc1C1CNCCc2cc(Sc3ccccc3)c(O)cc21. The summed E-state index contributed by atoms with van der Waals surface area (Å²) in [5.74, 6) is 0.0847. The molecule has 2 N–H and O–H groups in total. The Morgan fingerprint density at radius 1 is 1.00 bits per heavy atom.